The molecule has 0 radical (unpaired) electrons. The maximum Gasteiger partial charge on any atom is 0.226 e. The zero-order valence-corrected chi connectivity index (χ0v) is 12.7. The summed E-state index contributed by atoms with van der Waals surface area (Å²) >= 11 is 0. The Labute approximate surface area is 121 Å². The predicted octanol–water partition coefficient (Wildman–Crippen LogP) is 0.703. The standard InChI is InChI=1S/C15H27N3O2/c1-3-5-6-16-14(19)12-11-13(12)15(20)18-9-7-17(4-2)8-10-18/h12-13H,3-11H2,1-2H3,(H,16,19). The number of unbranched alkanes of at least 4 members (excludes halogenated alkanes) is 1. The summed E-state index contributed by atoms with van der Waals surface area (Å²) in [6, 6.07) is 0. The third kappa shape index (κ3) is 3.72. The van der Waals surface area contributed by atoms with Crippen molar-refractivity contribution in [3.05, 3.63) is 0 Å². The van der Waals surface area contributed by atoms with Crippen molar-refractivity contribution in [2.75, 3.05) is 39.3 Å². The van der Waals surface area contributed by atoms with Gasteiger partial charge in [0.05, 0.1) is 11.8 Å². The summed E-state index contributed by atoms with van der Waals surface area (Å²) in [6.45, 7) is 9.59. The first kappa shape index (κ1) is 15.3. The molecule has 1 aliphatic carbocycles. The van der Waals surface area contributed by atoms with Crippen molar-refractivity contribution < 1.29 is 9.59 Å². The van der Waals surface area contributed by atoms with E-state index in [1.807, 2.05) is 4.90 Å². The van der Waals surface area contributed by atoms with Crippen molar-refractivity contribution in [2.24, 2.45) is 11.8 Å². The zero-order valence-electron chi connectivity index (χ0n) is 12.7. The Morgan fingerprint density at radius 3 is 2.40 bits per heavy atom. The average molecular weight is 281 g/mol. The van der Waals surface area contributed by atoms with E-state index in [9.17, 15) is 9.59 Å². The number of carbonyl (C=O) groups is 2. The molecule has 1 heterocycles. The minimum absolute atomic E-state index is 0.0511. The molecule has 20 heavy (non-hydrogen) atoms. The molecule has 0 bridgehead atoms. The number of nitrogens with one attached hydrogen (secondary N) is 1. The highest BCUT2D eigenvalue weighted by molar-refractivity contribution is 5.92. The van der Waals surface area contributed by atoms with Gasteiger partial charge in [-0.05, 0) is 19.4 Å². The molecule has 0 aromatic heterocycles. The van der Waals surface area contributed by atoms with Crippen LogP contribution < -0.4 is 5.32 Å². The largest absolute Gasteiger partial charge is 0.356 e. The van der Waals surface area contributed by atoms with Crippen LogP contribution >= 0.6 is 0 Å². The van der Waals surface area contributed by atoms with Crippen LogP contribution in [0.2, 0.25) is 0 Å². The Bertz CT molecular complexity index is 351. The van der Waals surface area contributed by atoms with Crippen LogP contribution in [0, 0.1) is 11.8 Å². The highest BCUT2D eigenvalue weighted by atomic mass is 16.2. The third-order valence-corrected chi connectivity index (χ3v) is 4.41. The number of piperazine rings is 1. The lowest BCUT2D eigenvalue weighted by molar-refractivity contribution is -0.136. The van der Waals surface area contributed by atoms with Crippen molar-refractivity contribution in [3.8, 4) is 0 Å². The molecule has 5 heteroatoms. The average Bonchev–Trinajstić information content (AvgIpc) is 3.27. The molecule has 1 saturated heterocycles. The lowest BCUT2D eigenvalue weighted by Gasteiger charge is -2.34. The molecule has 1 aliphatic heterocycles. The van der Waals surface area contributed by atoms with Gasteiger partial charge in [0.25, 0.3) is 0 Å². The van der Waals surface area contributed by atoms with Crippen LogP contribution in [0.5, 0.6) is 0 Å². The summed E-state index contributed by atoms with van der Waals surface area (Å²) in [7, 11) is 0. The van der Waals surface area contributed by atoms with E-state index >= 15 is 0 Å². The predicted molar refractivity (Wildman–Crippen MR) is 78.2 cm³/mol. The van der Waals surface area contributed by atoms with E-state index in [4.69, 9.17) is 0 Å². The molecule has 2 amide bonds. The number of amides is 2. The van der Waals surface area contributed by atoms with E-state index in [0.717, 1.165) is 58.5 Å². The van der Waals surface area contributed by atoms with E-state index in [1.165, 1.54) is 0 Å². The minimum atomic E-state index is -0.0661. The van der Waals surface area contributed by atoms with Crippen molar-refractivity contribution in [1.82, 2.24) is 15.1 Å². The smallest absolute Gasteiger partial charge is 0.226 e. The first-order valence-corrected chi connectivity index (χ1v) is 7.96. The number of hydrogen-bond acceptors (Lipinski definition) is 3. The van der Waals surface area contributed by atoms with Gasteiger partial charge in [-0.2, -0.15) is 0 Å². The molecule has 2 aliphatic rings. The topological polar surface area (TPSA) is 52.7 Å². The summed E-state index contributed by atoms with van der Waals surface area (Å²) in [6.07, 6.45) is 2.83. The van der Waals surface area contributed by atoms with E-state index in [0.29, 0.717) is 0 Å². The lowest BCUT2D eigenvalue weighted by atomic mass is 10.2. The molecule has 0 aromatic rings. The Kier molecular flexibility index (Phi) is 5.40. The van der Waals surface area contributed by atoms with Crippen molar-refractivity contribution in [3.63, 3.8) is 0 Å². The van der Waals surface area contributed by atoms with Gasteiger partial charge in [-0.3, -0.25) is 9.59 Å². The molecule has 114 valence electrons. The Morgan fingerprint density at radius 1 is 1.10 bits per heavy atom. The van der Waals surface area contributed by atoms with Crippen LogP contribution in [-0.4, -0.2) is 60.9 Å². The van der Waals surface area contributed by atoms with Crippen LogP contribution in [-0.2, 0) is 9.59 Å². The quantitative estimate of drug-likeness (QED) is 0.729. The second-order valence-corrected chi connectivity index (χ2v) is 5.85. The highest BCUT2D eigenvalue weighted by Gasteiger charge is 2.49. The molecule has 5 nitrogen and oxygen atoms in total. The van der Waals surface area contributed by atoms with Crippen LogP contribution in [0.3, 0.4) is 0 Å². The van der Waals surface area contributed by atoms with Gasteiger partial charge in [-0.15, -0.1) is 0 Å². The summed E-state index contributed by atoms with van der Waals surface area (Å²) < 4.78 is 0. The summed E-state index contributed by atoms with van der Waals surface area (Å²) in [4.78, 5) is 28.5. The van der Waals surface area contributed by atoms with Gasteiger partial charge < -0.3 is 15.1 Å². The van der Waals surface area contributed by atoms with Crippen LogP contribution in [0.4, 0.5) is 0 Å². The van der Waals surface area contributed by atoms with E-state index < -0.39 is 0 Å². The van der Waals surface area contributed by atoms with Crippen LogP contribution in [0.1, 0.15) is 33.1 Å². The maximum atomic E-state index is 12.3. The van der Waals surface area contributed by atoms with E-state index in [2.05, 4.69) is 24.1 Å². The first-order chi connectivity index (χ1) is 9.67. The summed E-state index contributed by atoms with van der Waals surface area (Å²) in [5.74, 6) is 0.147. The SMILES string of the molecule is CCCCNC(=O)C1CC1C(=O)N1CCN(CC)CC1. The fraction of sp³-hybridized carbons (Fsp3) is 0.867. The van der Waals surface area contributed by atoms with Crippen molar-refractivity contribution >= 4 is 11.8 Å². The van der Waals surface area contributed by atoms with Crippen LogP contribution in [0.15, 0.2) is 0 Å². The Morgan fingerprint density at radius 2 is 1.80 bits per heavy atom. The molecule has 2 fully saturated rings. The Balaban J connectivity index is 1.71. The fourth-order valence-corrected chi connectivity index (χ4v) is 2.80. The number of hydrogen-bond donors (Lipinski definition) is 1. The van der Waals surface area contributed by atoms with Crippen molar-refractivity contribution in [1.29, 1.82) is 0 Å². The van der Waals surface area contributed by atoms with Gasteiger partial charge in [-0.1, -0.05) is 20.3 Å². The summed E-state index contributed by atoms with van der Waals surface area (Å²) in [5, 5.41) is 2.93. The molecule has 2 unspecified atom stereocenters. The first-order valence-electron chi connectivity index (χ1n) is 7.96. The van der Waals surface area contributed by atoms with Gasteiger partial charge in [-0.25, -0.2) is 0 Å². The van der Waals surface area contributed by atoms with Gasteiger partial charge in [0, 0.05) is 32.7 Å². The van der Waals surface area contributed by atoms with Gasteiger partial charge in [0.2, 0.25) is 11.8 Å². The zero-order chi connectivity index (χ0) is 14.5. The maximum absolute atomic E-state index is 12.3. The number of nitrogens with zero attached hydrogens (tertiary/aromatic N) is 2. The van der Waals surface area contributed by atoms with E-state index in [1.54, 1.807) is 0 Å². The third-order valence-electron chi connectivity index (χ3n) is 4.41. The van der Waals surface area contributed by atoms with Gasteiger partial charge in [0.1, 0.15) is 0 Å². The normalized spacial score (nSPS) is 26.4. The lowest BCUT2D eigenvalue weighted by Crippen LogP contribution is -2.49. The number of likely N-dealkylation sites (N-methyl/N-ethyl adjacent to an activating group) is 1. The second-order valence-electron chi connectivity index (χ2n) is 5.85. The summed E-state index contributed by atoms with van der Waals surface area (Å²) in [5.41, 5.74) is 0. The molecule has 0 spiro atoms. The monoisotopic (exact) mass is 281 g/mol. The van der Waals surface area contributed by atoms with E-state index in [-0.39, 0.29) is 23.7 Å². The highest BCUT2D eigenvalue weighted by Crippen LogP contribution is 2.40. The number of rotatable bonds is 6. The molecule has 0 aromatic carbocycles. The molecule has 2 rings (SSSR count). The molecular formula is C15H27N3O2. The minimum Gasteiger partial charge on any atom is -0.356 e. The molecule has 1 N–H and O–H groups in total. The van der Waals surface area contributed by atoms with Gasteiger partial charge >= 0.3 is 0 Å². The fourth-order valence-electron chi connectivity index (χ4n) is 2.80. The second kappa shape index (κ2) is 7.07. The molecule has 2 atom stereocenters. The number of carbonyl (C=O) groups excluding carboxylic acids is 2. The molecular weight excluding hydrogens is 254 g/mol. The molecule has 1 saturated carbocycles. The van der Waals surface area contributed by atoms with Gasteiger partial charge in [0.15, 0.2) is 0 Å². The van der Waals surface area contributed by atoms with Crippen LogP contribution in [0.25, 0.3) is 0 Å². The Hall–Kier alpha value is -1.10. The van der Waals surface area contributed by atoms with Crippen molar-refractivity contribution in [2.45, 2.75) is 33.1 Å².